The highest BCUT2D eigenvalue weighted by Crippen LogP contribution is 2.18. The summed E-state index contributed by atoms with van der Waals surface area (Å²) >= 11 is 0. The number of hydrogen-bond acceptors (Lipinski definition) is 3. The van der Waals surface area contributed by atoms with Crippen LogP contribution in [0, 0.1) is 0 Å². The lowest BCUT2D eigenvalue weighted by atomic mass is 10.1. The van der Waals surface area contributed by atoms with E-state index >= 15 is 0 Å². The van der Waals surface area contributed by atoms with Gasteiger partial charge in [0.2, 0.25) is 5.91 Å². The molecule has 0 atom stereocenters. The van der Waals surface area contributed by atoms with Gasteiger partial charge in [0.05, 0.1) is 6.54 Å². The highest BCUT2D eigenvalue weighted by Gasteiger charge is 2.23. The first-order chi connectivity index (χ1) is 7.24. The molecule has 1 heterocycles. The van der Waals surface area contributed by atoms with E-state index < -0.39 is 0 Å². The van der Waals surface area contributed by atoms with Crippen molar-refractivity contribution in [2.75, 3.05) is 19.6 Å². The quantitative estimate of drug-likeness (QED) is 0.727. The van der Waals surface area contributed by atoms with Crippen molar-refractivity contribution >= 4 is 11.7 Å². The van der Waals surface area contributed by atoms with Crippen LogP contribution in [0.5, 0.6) is 0 Å². The molecular weight excluding hydrogens is 192 g/mol. The molecule has 0 aromatic rings. The lowest BCUT2D eigenvalue weighted by Gasteiger charge is -2.25. The SMILES string of the molecule is O=C1CCCN(CCC(=O)NC2CC2)C1. The van der Waals surface area contributed by atoms with Gasteiger partial charge >= 0.3 is 0 Å². The zero-order valence-corrected chi connectivity index (χ0v) is 9.00. The van der Waals surface area contributed by atoms with E-state index in [9.17, 15) is 9.59 Å². The summed E-state index contributed by atoms with van der Waals surface area (Å²) in [5.41, 5.74) is 0. The number of ketones is 1. The highest BCUT2D eigenvalue weighted by molar-refractivity contribution is 5.81. The second-order valence-electron chi connectivity index (χ2n) is 4.51. The number of amides is 1. The van der Waals surface area contributed by atoms with Crippen molar-refractivity contribution in [3.63, 3.8) is 0 Å². The molecule has 2 aliphatic rings. The van der Waals surface area contributed by atoms with Gasteiger partial charge in [0, 0.05) is 25.4 Å². The Labute approximate surface area is 90.0 Å². The average molecular weight is 210 g/mol. The Balaban J connectivity index is 1.63. The Kier molecular flexibility index (Phi) is 3.36. The van der Waals surface area contributed by atoms with Gasteiger partial charge in [-0.05, 0) is 25.8 Å². The number of carbonyl (C=O) groups is 2. The minimum absolute atomic E-state index is 0.135. The summed E-state index contributed by atoms with van der Waals surface area (Å²) < 4.78 is 0. The van der Waals surface area contributed by atoms with Crippen molar-refractivity contribution in [3.05, 3.63) is 0 Å². The predicted molar refractivity (Wildman–Crippen MR) is 56.5 cm³/mol. The van der Waals surface area contributed by atoms with Crippen LogP contribution in [0.4, 0.5) is 0 Å². The third-order valence-electron chi connectivity index (χ3n) is 2.93. The predicted octanol–water partition coefficient (Wildman–Crippen LogP) is 0.320. The molecule has 4 nitrogen and oxygen atoms in total. The van der Waals surface area contributed by atoms with Crippen LogP contribution in [0.1, 0.15) is 32.1 Å². The minimum Gasteiger partial charge on any atom is -0.353 e. The van der Waals surface area contributed by atoms with Crippen molar-refractivity contribution in [1.29, 1.82) is 0 Å². The maximum Gasteiger partial charge on any atom is 0.221 e. The van der Waals surface area contributed by atoms with E-state index in [0.29, 0.717) is 31.2 Å². The van der Waals surface area contributed by atoms with Gasteiger partial charge in [0.25, 0.3) is 0 Å². The van der Waals surface area contributed by atoms with Gasteiger partial charge in [-0.25, -0.2) is 0 Å². The van der Waals surface area contributed by atoms with E-state index in [1.807, 2.05) is 0 Å². The van der Waals surface area contributed by atoms with Crippen molar-refractivity contribution in [2.45, 2.75) is 38.1 Å². The molecule has 0 bridgehead atoms. The van der Waals surface area contributed by atoms with E-state index in [0.717, 1.165) is 32.4 Å². The normalized spacial score (nSPS) is 22.8. The number of likely N-dealkylation sites (tertiary alicyclic amines) is 1. The summed E-state index contributed by atoms with van der Waals surface area (Å²) in [6, 6.07) is 0.445. The molecule has 0 aromatic heterocycles. The van der Waals surface area contributed by atoms with Crippen LogP contribution in [0.2, 0.25) is 0 Å². The van der Waals surface area contributed by atoms with Crippen molar-refractivity contribution in [1.82, 2.24) is 10.2 Å². The van der Waals surface area contributed by atoms with Gasteiger partial charge in [-0.3, -0.25) is 14.5 Å². The molecule has 2 rings (SSSR count). The van der Waals surface area contributed by atoms with Crippen LogP contribution in [0.25, 0.3) is 0 Å². The average Bonchev–Trinajstić information content (AvgIpc) is 2.99. The molecule has 1 aliphatic heterocycles. The zero-order chi connectivity index (χ0) is 10.7. The number of Topliss-reactive ketones (excluding diaryl/α,β-unsaturated/α-hetero) is 1. The first-order valence-electron chi connectivity index (χ1n) is 5.77. The number of nitrogens with zero attached hydrogens (tertiary/aromatic N) is 1. The van der Waals surface area contributed by atoms with Crippen molar-refractivity contribution in [3.8, 4) is 0 Å². The van der Waals surface area contributed by atoms with Crippen molar-refractivity contribution < 1.29 is 9.59 Å². The number of hydrogen-bond donors (Lipinski definition) is 1. The Morgan fingerprint density at radius 2 is 2.27 bits per heavy atom. The molecule has 4 heteroatoms. The van der Waals surface area contributed by atoms with Crippen LogP contribution < -0.4 is 5.32 Å². The molecule has 0 aromatic carbocycles. The Bertz CT molecular complexity index is 261. The number of piperidine rings is 1. The third-order valence-corrected chi connectivity index (χ3v) is 2.93. The van der Waals surface area contributed by atoms with E-state index in [1.165, 1.54) is 0 Å². The maximum atomic E-state index is 11.4. The van der Waals surface area contributed by atoms with E-state index in [4.69, 9.17) is 0 Å². The topological polar surface area (TPSA) is 49.4 Å². The second kappa shape index (κ2) is 4.75. The largest absolute Gasteiger partial charge is 0.353 e. The Hall–Kier alpha value is -0.900. The van der Waals surface area contributed by atoms with Crippen molar-refractivity contribution in [2.24, 2.45) is 0 Å². The molecule has 84 valence electrons. The molecule has 1 aliphatic carbocycles. The van der Waals surface area contributed by atoms with Gasteiger partial charge in [0.15, 0.2) is 0 Å². The molecule has 1 saturated heterocycles. The molecule has 15 heavy (non-hydrogen) atoms. The lowest BCUT2D eigenvalue weighted by molar-refractivity contribution is -0.124. The number of rotatable bonds is 4. The fourth-order valence-electron chi connectivity index (χ4n) is 1.89. The summed E-state index contributed by atoms with van der Waals surface area (Å²) in [5.74, 6) is 0.444. The van der Waals surface area contributed by atoms with Gasteiger partial charge in [-0.15, -0.1) is 0 Å². The lowest BCUT2D eigenvalue weighted by Crippen LogP contribution is -2.38. The Morgan fingerprint density at radius 1 is 1.47 bits per heavy atom. The number of nitrogens with one attached hydrogen (secondary N) is 1. The molecule has 1 saturated carbocycles. The van der Waals surface area contributed by atoms with Crippen LogP contribution in [0.15, 0.2) is 0 Å². The van der Waals surface area contributed by atoms with Gasteiger partial charge in [0.1, 0.15) is 5.78 Å². The second-order valence-corrected chi connectivity index (χ2v) is 4.51. The monoisotopic (exact) mass is 210 g/mol. The standard InChI is InChI=1S/C11H18N2O2/c14-10-2-1-6-13(8-10)7-5-11(15)12-9-3-4-9/h9H,1-8H2,(H,12,15). The van der Waals surface area contributed by atoms with Crippen LogP contribution in [-0.4, -0.2) is 42.3 Å². The Morgan fingerprint density at radius 3 is 2.93 bits per heavy atom. The highest BCUT2D eigenvalue weighted by atomic mass is 16.1. The van der Waals surface area contributed by atoms with Gasteiger partial charge in [-0.2, -0.15) is 0 Å². The minimum atomic E-state index is 0.135. The van der Waals surface area contributed by atoms with E-state index in [-0.39, 0.29) is 5.91 Å². The van der Waals surface area contributed by atoms with Gasteiger partial charge in [-0.1, -0.05) is 0 Å². The molecule has 0 spiro atoms. The molecule has 1 N–H and O–H groups in total. The molecule has 2 fully saturated rings. The van der Waals surface area contributed by atoms with Crippen LogP contribution in [-0.2, 0) is 9.59 Å². The molecular formula is C11H18N2O2. The molecule has 0 unspecified atom stereocenters. The fraction of sp³-hybridized carbons (Fsp3) is 0.818. The summed E-state index contributed by atoms with van der Waals surface area (Å²) in [6.07, 6.45) is 4.46. The summed E-state index contributed by atoms with van der Waals surface area (Å²) in [7, 11) is 0. The molecule has 0 radical (unpaired) electrons. The van der Waals surface area contributed by atoms with Crippen LogP contribution >= 0.6 is 0 Å². The first kappa shape index (κ1) is 10.6. The maximum absolute atomic E-state index is 11.4. The summed E-state index contributed by atoms with van der Waals surface area (Å²) in [4.78, 5) is 24.6. The van der Waals surface area contributed by atoms with Gasteiger partial charge < -0.3 is 5.32 Å². The zero-order valence-electron chi connectivity index (χ0n) is 9.00. The number of carbonyl (C=O) groups excluding carboxylic acids is 2. The summed E-state index contributed by atoms with van der Waals surface area (Å²) in [5, 5.41) is 2.95. The third kappa shape index (κ3) is 3.63. The fourth-order valence-corrected chi connectivity index (χ4v) is 1.89. The summed E-state index contributed by atoms with van der Waals surface area (Å²) in [6.45, 7) is 2.23. The molecule has 1 amide bonds. The smallest absolute Gasteiger partial charge is 0.221 e. The van der Waals surface area contributed by atoms with Crippen LogP contribution in [0.3, 0.4) is 0 Å². The van der Waals surface area contributed by atoms with E-state index in [2.05, 4.69) is 10.2 Å². The van der Waals surface area contributed by atoms with E-state index in [1.54, 1.807) is 0 Å². The first-order valence-corrected chi connectivity index (χ1v) is 5.77.